The van der Waals surface area contributed by atoms with Crippen molar-refractivity contribution in [3.05, 3.63) is 0 Å². The average molecular weight is 417 g/mol. The van der Waals surface area contributed by atoms with E-state index in [2.05, 4.69) is 6.92 Å². The van der Waals surface area contributed by atoms with E-state index < -0.39 is 17.9 Å². The quantitative estimate of drug-likeness (QED) is 0.191. The molecule has 6 nitrogen and oxygen atoms in total. The first-order valence-corrected chi connectivity index (χ1v) is 11.6. The van der Waals surface area contributed by atoms with E-state index in [9.17, 15) is 14.4 Å². The van der Waals surface area contributed by atoms with E-state index in [-0.39, 0.29) is 19.3 Å². The van der Waals surface area contributed by atoms with Crippen LogP contribution in [0, 0.1) is 0 Å². The van der Waals surface area contributed by atoms with E-state index in [4.69, 9.17) is 15.3 Å². The predicted molar refractivity (Wildman–Crippen MR) is 116 cm³/mol. The summed E-state index contributed by atoms with van der Waals surface area (Å²) in [6.45, 7) is 2.27. The highest BCUT2D eigenvalue weighted by Crippen LogP contribution is 2.13. The monoisotopic (exact) mass is 416 g/mol. The second-order valence-electron chi connectivity index (χ2n) is 7.73. The normalized spacial score (nSPS) is 10.2. The van der Waals surface area contributed by atoms with Crippen molar-refractivity contribution in [1.82, 2.24) is 0 Å². The van der Waals surface area contributed by atoms with Gasteiger partial charge in [0.05, 0.1) is 0 Å². The van der Waals surface area contributed by atoms with E-state index in [0.29, 0.717) is 6.42 Å². The number of carboxylic acids is 3. The molecule has 0 aliphatic carbocycles. The zero-order valence-electron chi connectivity index (χ0n) is 18.5. The van der Waals surface area contributed by atoms with Crippen molar-refractivity contribution in [2.75, 3.05) is 0 Å². The summed E-state index contributed by atoms with van der Waals surface area (Å²) in [7, 11) is 0. The van der Waals surface area contributed by atoms with Crippen LogP contribution in [0.25, 0.3) is 0 Å². The lowest BCUT2D eigenvalue weighted by molar-refractivity contribution is -0.139. The lowest BCUT2D eigenvalue weighted by Crippen LogP contribution is -1.98. The van der Waals surface area contributed by atoms with Crippen molar-refractivity contribution in [1.29, 1.82) is 0 Å². The van der Waals surface area contributed by atoms with Crippen molar-refractivity contribution in [3.63, 3.8) is 0 Å². The minimum atomic E-state index is -0.948. The van der Waals surface area contributed by atoms with Crippen LogP contribution < -0.4 is 0 Å². The fraction of sp³-hybridized carbons (Fsp3) is 0.870. The standard InChI is InChI=1S/C18H36O2.C5H8O4/c1-2-3-4-5-6-7-8-9-10-11-12-13-14-15-16-17-18(19)20;6-4(7)2-1-3-5(8)9/h2-17H2,1H3,(H,19,20);1-3H2,(H,6,7)(H,8,9). The van der Waals surface area contributed by atoms with Gasteiger partial charge in [0.15, 0.2) is 0 Å². The topological polar surface area (TPSA) is 112 Å². The Morgan fingerprint density at radius 1 is 0.414 bits per heavy atom. The summed E-state index contributed by atoms with van der Waals surface area (Å²) in [5.41, 5.74) is 0. The fourth-order valence-corrected chi connectivity index (χ4v) is 3.04. The molecule has 0 unspecified atom stereocenters. The molecule has 0 aliphatic heterocycles. The molecule has 0 radical (unpaired) electrons. The maximum atomic E-state index is 10.3. The summed E-state index contributed by atoms with van der Waals surface area (Å²) < 4.78 is 0. The summed E-state index contributed by atoms with van der Waals surface area (Å²) in [5.74, 6) is -2.55. The molecule has 172 valence electrons. The number of carboxylic acid groups (broad SMARTS) is 3. The highest BCUT2D eigenvalue weighted by atomic mass is 16.4. The van der Waals surface area contributed by atoms with Crippen molar-refractivity contribution >= 4 is 17.9 Å². The van der Waals surface area contributed by atoms with Gasteiger partial charge in [-0.1, -0.05) is 96.8 Å². The molecule has 0 spiro atoms. The van der Waals surface area contributed by atoms with Crippen LogP contribution in [0.3, 0.4) is 0 Å². The number of rotatable bonds is 20. The van der Waals surface area contributed by atoms with Crippen LogP contribution in [0.15, 0.2) is 0 Å². The zero-order valence-corrected chi connectivity index (χ0v) is 18.5. The highest BCUT2D eigenvalue weighted by molar-refractivity contribution is 5.69. The minimum absolute atomic E-state index is 0.0632. The van der Waals surface area contributed by atoms with Gasteiger partial charge in [-0.2, -0.15) is 0 Å². The van der Waals surface area contributed by atoms with Crippen LogP contribution in [0.4, 0.5) is 0 Å². The molecule has 0 aliphatic rings. The molecule has 0 saturated carbocycles. The Morgan fingerprint density at radius 3 is 0.931 bits per heavy atom. The molecule has 0 aromatic heterocycles. The Hall–Kier alpha value is -1.59. The van der Waals surface area contributed by atoms with Crippen LogP contribution in [-0.4, -0.2) is 33.2 Å². The third kappa shape index (κ3) is 34.3. The van der Waals surface area contributed by atoms with Gasteiger partial charge in [0.2, 0.25) is 0 Å². The molecular formula is C23H44O6. The van der Waals surface area contributed by atoms with E-state index in [1.165, 1.54) is 83.5 Å². The molecule has 0 aromatic carbocycles. The molecule has 29 heavy (non-hydrogen) atoms. The van der Waals surface area contributed by atoms with E-state index in [0.717, 1.165) is 12.8 Å². The molecule has 0 fully saturated rings. The van der Waals surface area contributed by atoms with E-state index in [1.807, 2.05) is 0 Å². The molecule has 0 amide bonds. The highest BCUT2D eigenvalue weighted by Gasteiger charge is 1.99. The summed E-state index contributed by atoms with van der Waals surface area (Å²) in [5, 5.41) is 24.6. The van der Waals surface area contributed by atoms with E-state index in [1.54, 1.807) is 0 Å². The maximum Gasteiger partial charge on any atom is 0.303 e. The average Bonchev–Trinajstić information content (AvgIpc) is 2.64. The first-order valence-electron chi connectivity index (χ1n) is 11.6. The van der Waals surface area contributed by atoms with Crippen LogP contribution in [-0.2, 0) is 14.4 Å². The molecule has 0 bridgehead atoms. The van der Waals surface area contributed by atoms with Crippen molar-refractivity contribution < 1.29 is 29.7 Å². The molecule has 0 aromatic rings. The van der Waals surface area contributed by atoms with Gasteiger partial charge in [-0.3, -0.25) is 14.4 Å². The Balaban J connectivity index is 0. The SMILES string of the molecule is CCCCCCCCCCCCCCCCCC(=O)O.O=C(O)CCCC(=O)O. The third-order valence-corrected chi connectivity index (χ3v) is 4.78. The van der Waals surface area contributed by atoms with Gasteiger partial charge in [0.1, 0.15) is 0 Å². The number of hydrogen-bond acceptors (Lipinski definition) is 3. The molecule has 0 heterocycles. The first-order chi connectivity index (χ1) is 13.9. The van der Waals surface area contributed by atoms with Gasteiger partial charge in [0.25, 0.3) is 0 Å². The second-order valence-corrected chi connectivity index (χ2v) is 7.73. The van der Waals surface area contributed by atoms with Gasteiger partial charge in [-0.05, 0) is 12.8 Å². The summed E-state index contributed by atoms with van der Waals surface area (Å²) in [4.78, 5) is 29.9. The molecule has 3 N–H and O–H groups in total. The Morgan fingerprint density at radius 2 is 0.655 bits per heavy atom. The Kier molecular flexibility index (Phi) is 25.0. The van der Waals surface area contributed by atoms with Gasteiger partial charge in [0, 0.05) is 19.3 Å². The summed E-state index contributed by atoms with van der Waals surface area (Å²) in [6.07, 6.45) is 20.3. The summed E-state index contributed by atoms with van der Waals surface area (Å²) in [6, 6.07) is 0. The lowest BCUT2D eigenvalue weighted by atomic mass is 10.0. The lowest BCUT2D eigenvalue weighted by Gasteiger charge is -2.03. The fourth-order valence-electron chi connectivity index (χ4n) is 3.04. The van der Waals surface area contributed by atoms with Gasteiger partial charge < -0.3 is 15.3 Å². The summed E-state index contributed by atoms with van der Waals surface area (Å²) >= 11 is 0. The Bertz CT molecular complexity index is 381. The largest absolute Gasteiger partial charge is 0.481 e. The van der Waals surface area contributed by atoms with Gasteiger partial charge in [-0.15, -0.1) is 0 Å². The minimum Gasteiger partial charge on any atom is -0.481 e. The molecular weight excluding hydrogens is 372 g/mol. The van der Waals surface area contributed by atoms with Gasteiger partial charge in [-0.25, -0.2) is 0 Å². The molecule has 0 atom stereocenters. The molecule has 0 saturated heterocycles. The van der Waals surface area contributed by atoms with Crippen molar-refractivity contribution in [2.24, 2.45) is 0 Å². The van der Waals surface area contributed by atoms with Crippen LogP contribution in [0.5, 0.6) is 0 Å². The number of aliphatic carboxylic acids is 3. The number of unbranched alkanes of at least 4 members (excludes halogenated alkanes) is 14. The second kappa shape index (κ2) is 24.4. The van der Waals surface area contributed by atoms with Crippen molar-refractivity contribution in [2.45, 2.75) is 129 Å². The first kappa shape index (κ1) is 29.6. The zero-order chi connectivity index (χ0) is 22.2. The Labute approximate surface area is 177 Å². The molecule has 0 rings (SSSR count). The smallest absolute Gasteiger partial charge is 0.303 e. The maximum absolute atomic E-state index is 10.3. The third-order valence-electron chi connectivity index (χ3n) is 4.78. The van der Waals surface area contributed by atoms with Crippen LogP contribution >= 0.6 is 0 Å². The van der Waals surface area contributed by atoms with Gasteiger partial charge >= 0.3 is 17.9 Å². The van der Waals surface area contributed by atoms with Crippen LogP contribution in [0.1, 0.15) is 129 Å². The van der Waals surface area contributed by atoms with Crippen LogP contribution in [0.2, 0.25) is 0 Å². The predicted octanol–water partition coefficient (Wildman–Crippen LogP) is 6.66. The van der Waals surface area contributed by atoms with E-state index >= 15 is 0 Å². The number of carbonyl (C=O) groups is 3. The number of hydrogen-bond donors (Lipinski definition) is 3. The molecule has 6 heteroatoms. The van der Waals surface area contributed by atoms with Crippen molar-refractivity contribution in [3.8, 4) is 0 Å².